The zero-order valence-electron chi connectivity index (χ0n) is 12.1. The summed E-state index contributed by atoms with van der Waals surface area (Å²) in [6, 6.07) is 0.451. The molecular weight excluding hydrogens is 228 g/mol. The second-order valence-corrected chi connectivity index (χ2v) is 6.71. The van der Waals surface area contributed by atoms with E-state index in [-0.39, 0.29) is 6.09 Å². The van der Waals surface area contributed by atoms with Crippen molar-refractivity contribution in [2.45, 2.75) is 52.2 Å². The first-order valence-electron chi connectivity index (χ1n) is 7.07. The van der Waals surface area contributed by atoms with Gasteiger partial charge in [0.2, 0.25) is 0 Å². The summed E-state index contributed by atoms with van der Waals surface area (Å²) in [4.78, 5) is 16.3. The van der Waals surface area contributed by atoms with Gasteiger partial charge in [0, 0.05) is 32.2 Å². The van der Waals surface area contributed by atoms with E-state index in [0.29, 0.717) is 6.04 Å². The van der Waals surface area contributed by atoms with Crippen LogP contribution in [0.25, 0.3) is 0 Å². The van der Waals surface area contributed by atoms with Crippen LogP contribution in [0.4, 0.5) is 4.79 Å². The molecule has 0 unspecified atom stereocenters. The number of piperazine rings is 1. The molecule has 1 amide bonds. The van der Waals surface area contributed by atoms with Crippen LogP contribution in [0, 0.1) is 5.92 Å². The van der Waals surface area contributed by atoms with E-state index in [1.54, 1.807) is 0 Å². The number of hydrogen-bond acceptors (Lipinski definition) is 3. The molecule has 1 saturated heterocycles. The van der Waals surface area contributed by atoms with Gasteiger partial charge in [-0.2, -0.15) is 0 Å². The fraction of sp³-hybridized carbons (Fsp3) is 0.929. The van der Waals surface area contributed by atoms with Gasteiger partial charge in [0.1, 0.15) is 5.60 Å². The van der Waals surface area contributed by atoms with E-state index in [1.807, 2.05) is 25.7 Å². The van der Waals surface area contributed by atoms with E-state index >= 15 is 0 Å². The lowest BCUT2D eigenvalue weighted by Crippen LogP contribution is -2.54. The van der Waals surface area contributed by atoms with Gasteiger partial charge in [-0.1, -0.05) is 0 Å². The van der Waals surface area contributed by atoms with Crippen molar-refractivity contribution in [1.82, 2.24) is 9.80 Å². The van der Waals surface area contributed by atoms with E-state index in [1.165, 1.54) is 19.4 Å². The number of amides is 1. The Balaban J connectivity index is 1.81. The normalized spacial score (nSPS) is 26.2. The highest BCUT2D eigenvalue weighted by Crippen LogP contribution is 2.30. The number of hydrogen-bond donors (Lipinski definition) is 0. The minimum atomic E-state index is -0.397. The maximum Gasteiger partial charge on any atom is 0.410 e. The molecule has 1 heterocycles. The van der Waals surface area contributed by atoms with Crippen molar-refractivity contribution in [3.05, 3.63) is 0 Å². The highest BCUT2D eigenvalue weighted by Gasteiger charge is 2.32. The average molecular weight is 254 g/mol. The van der Waals surface area contributed by atoms with E-state index in [9.17, 15) is 4.79 Å². The van der Waals surface area contributed by atoms with Crippen molar-refractivity contribution < 1.29 is 9.53 Å². The third kappa shape index (κ3) is 3.87. The lowest BCUT2D eigenvalue weighted by atomic mass is 10.1. The molecule has 0 aromatic carbocycles. The van der Waals surface area contributed by atoms with Gasteiger partial charge in [-0.15, -0.1) is 0 Å². The van der Waals surface area contributed by atoms with E-state index < -0.39 is 5.60 Å². The number of carbonyl (C=O) groups excluding carboxylic acids is 1. The van der Waals surface area contributed by atoms with Crippen LogP contribution >= 0.6 is 0 Å². The van der Waals surface area contributed by atoms with Gasteiger partial charge in [-0.25, -0.2) is 4.79 Å². The molecule has 0 aromatic heterocycles. The summed E-state index contributed by atoms with van der Waals surface area (Å²) >= 11 is 0. The van der Waals surface area contributed by atoms with Crippen molar-refractivity contribution >= 4 is 6.09 Å². The number of nitrogens with zero attached hydrogens (tertiary/aromatic N) is 2. The Morgan fingerprint density at radius 1 is 1.28 bits per heavy atom. The van der Waals surface area contributed by atoms with Gasteiger partial charge in [-0.05, 0) is 46.5 Å². The summed E-state index contributed by atoms with van der Waals surface area (Å²) in [6.45, 7) is 11.7. The van der Waals surface area contributed by atoms with Crippen molar-refractivity contribution in [1.29, 1.82) is 0 Å². The maximum absolute atomic E-state index is 12.0. The second-order valence-electron chi connectivity index (χ2n) is 6.71. The van der Waals surface area contributed by atoms with Gasteiger partial charge in [0.25, 0.3) is 0 Å². The monoisotopic (exact) mass is 254 g/mol. The average Bonchev–Trinajstić information content (AvgIpc) is 3.02. The summed E-state index contributed by atoms with van der Waals surface area (Å²) < 4.78 is 5.42. The highest BCUT2D eigenvalue weighted by molar-refractivity contribution is 5.68. The number of ether oxygens (including phenoxy) is 1. The minimum absolute atomic E-state index is 0.166. The molecule has 1 aliphatic carbocycles. The Bertz CT molecular complexity index is 307. The van der Waals surface area contributed by atoms with Crippen LogP contribution in [-0.4, -0.2) is 53.7 Å². The Morgan fingerprint density at radius 3 is 2.44 bits per heavy atom. The lowest BCUT2D eigenvalue weighted by Gasteiger charge is -2.40. The Kier molecular flexibility index (Phi) is 3.85. The SMILES string of the molecule is C[C@@H]1CN(C(=O)OC(C)(C)C)CCN1CC1CC1. The predicted octanol–water partition coefficient (Wildman–Crippen LogP) is 2.34. The maximum atomic E-state index is 12.0. The largest absolute Gasteiger partial charge is 0.444 e. The zero-order valence-corrected chi connectivity index (χ0v) is 12.1. The van der Waals surface area contributed by atoms with Crippen LogP contribution in [0.2, 0.25) is 0 Å². The van der Waals surface area contributed by atoms with Crippen LogP contribution in [0.1, 0.15) is 40.5 Å². The molecule has 104 valence electrons. The molecule has 4 nitrogen and oxygen atoms in total. The molecule has 2 rings (SSSR count). The summed E-state index contributed by atoms with van der Waals surface area (Å²) in [5.41, 5.74) is -0.397. The van der Waals surface area contributed by atoms with Crippen LogP contribution in [0.5, 0.6) is 0 Å². The van der Waals surface area contributed by atoms with Crippen molar-refractivity contribution in [3.8, 4) is 0 Å². The molecule has 0 N–H and O–H groups in total. The number of carbonyl (C=O) groups is 1. The van der Waals surface area contributed by atoms with Crippen LogP contribution in [0.15, 0.2) is 0 Å². The molecule has 1 aliphatic heterocycles. The Hall–Kier alpha value is -0.770. The molecule has 0 bridgehead atoms. The zero-order chi connectivity index (χ0) is 13.3. The molecule has 0 spiro atoms. The third-order valence-corrected chi connectivity index (χ3v) is 3.61. The van der Waals surface area contributed by atoms with Crippen molar-refractivity contribution in [3.63, 3.8) is 0 Å². The fourth-order valence-corrected chi connectivity index (χ4v) is 2.39. The lowest BCUT2D eigenvalue weighted by molar-refractivity contribution is 0.00521. The number of rotatable bonds is 2. The van der Waals surface area contributed by atoms with Crippen molar-refractivity contribution in [2.75, 3.05) is 26.2 Å². The first-order chi connectivity index (χ1) is 8.35. The molecule has 2 aliphatic rings. The van der Waals surface area contributed by atoms with Crippen LogP contribution in [0.3, 0.4) is 0 Å². The van der Waals surface area contributed by atoms with Crippen molar-refractivity contribution in [2.24, 2.45) is 5.92 Å². The van der Waals surface area contributed by atoms with Gasteiger partial charge < -0.3 is 9.64 Å². The summed E-state index contributed by atoms with van der Waals surface area (Å²) in [6.07, 6.45) is 2.61. The fourth-order valence-electron chi connectivity index (χ4n) is 2.39. The third-order valence-electron chi connectivity index (χ3n) is 3.61. The smallest absolute Gasteiger partial charge is 0.410 e. The standard InChI is InChI=1S/C14H26N2O2/c1-11-9-16(13(17)18-14(2,3)4)8-7-15(11)10-12-5-6-12/h11-12H,5-10H2,1-4H3/t11-/m1/s1. The first kappa shape index (κ1) is 13.7. The van der Waals surface area contributed by atoms with Gasteiger partial charge in [-0.3, -0.25) is 4.90 Å². The topological polar surface area (TPSA) is 32.8 Å². The molecule has 1 saturated carbocycles. The van der Waals surface area contributed by atoms with E-state index in [2.05, 4.69) is 11.8 Å². The summed E-state index contributed by atoms with van der Waals surface area (Å²) in [5.74, 6) is 0.917. The molecule has 18 heavy (non-hydrogen) atoms. The first-order valence-corrected chi connectivity index (χ1v) is 7.07. The van der Waals surface area contributed by atoms with E-state index in [4.69, 9.17) is 4.74 Å². The molecule has 0 aromatic rings. The van der Waals surface area contributed by atoms with Gasteiger partial charge in [0.15, 0.2) is 0 Å². The summed E-state index contributed by atoms with van der Waals surface area (Å²) in [5, 5.41) is 0. The quantitative estimate of drug-likeness (QED) is 0.758. The predicted molar refractivity (Wildman–Crippen MR) is 71.6 cm³/mol. The molecule has 2 fully saturated rings. The summed E-state index contributed by atoms with van der Waals surface area (Å²) in [7, 11) is 0. The molecular formula is C14H26N2O2. The minimum Gasteiger partial charge on any atom is -0.444 e. The van der Waals surface area contributed by atoms with Crippen LogP contribution in [-0.2, 0) is 4.74 Å². The second kappa shape index (κ2) is 5.08. The van der Waals surface area contributed by atoms with Gasteiger partial charge in [0.05, 0.1) is 0 Å². The Labute approximate surface area is 110 Å². The highest BCUT2D eigenvalue weighted by atomic mass is 16.6. The van der Waals surface area contributed by atoms with Gasteiger partial charge >= 0.3 is 6.09 Å². The molecule has 0 radical (unpaired) electrons. The Morgan fingerprint density at radius 2 is 1.94 bits per heavy atom. The molecule has 1 atom stereocenters. The van der Waals surface area contributed by atoms with E-state index in [0.717, 1.165) is 25.6 Å². The molecule has 4 heteroatoms. The van der Waals surface area contributed by atoms with Crippen LogP contribution < -0.4 is 0 Å².